The highest BCUT2D eigenvalue weighted by atomic mass is 32.1. The number of anilines is 2. The average molecular weight is 335 g/mol. The zero-order valence-corrected chi connectivity index (χ0v) is 15.1. The molecule has 23 heavy (non-hydrogen) atoms. The van der Waals surface area contributed by atoms with Crippen molar-refractivity contribution in [3.8, 4) is 0 Å². The predicted molar refractivity (Wildman–Crippen MR) is 94.5 cm³/mol. The van der Waals surface area contributed by atoms with E-state index >= 15 is 0 Å². The second-order valence-corrected chi connectivity index (χ2v) is 7.43. The SMILES string of the molecule is Cc1cnc(NCc2c(C(C)C)nn(C)c2N2CCOCC2)s1. The van der Waals surface area contributed by atoms with Crippen LogP contribution in [0, 0.1) is 6.92 Å². The third kappa shape index (κ3) is 3.50. The second kappa shape index (κ2) is 6.88. The van der Waals surface area contributed by atoms with Crippen LogP contribution in [0.1, 0.15) is 35.9 Å². The van der Waals surface area contributed by atoms with Gasteiger partial charge >= 0.3 is 0 Å². The lowest BCUT2D eigenvalue weighted by Gasteiger charge is -2.29. The maximum Gasteiger partial charge on any atom is 0.183 e. The Balaban J connectivity index is 1.88. The van der Waals surface area contributed by atoms with Gasteiger partial charge in [0.25, 0.3) is 0 Å². The van der Waals surface area contributed by atoms with Gasteiger partial charge in [0.2, 0.25) is 0 Å². The molecule has 126 valence electrons. The third-order valence-corrected chi connectivity index (χ3v) is 4.91. The van der Waals surface area contributed by atoms with Crippen LogP contribution >= 0.6 is 11.3 Å². The Hall–Kier alpha value is -1.60. The highest BCUT2D eigenvalue weighted by Crippen LogP contribution is 2.30. The monoisotopic (exact) mass is 335 g/mol. The summed E-state index contributed by atoms with van der Waals surface area (Å²) in [7, 11) is 2.04. The first-order valence-corrected chi connectivity index (χ1v) is 8.92. The highest BCUT2D eigenvalue weighted by molar-refractivity contribution is 7.15. The topological polar surface area (TPSA) is 55.2 Å². The van der Waals surface area contributed by atoms with Crippen LogP contribution in [0.15, 0.2) is 6.20 Å². The van der Waals surface area contributed by atoms with Crippen molar-refractivity contribution in [3.05, 3.63) is 22.3 Å². The number of hydrogen-bond donors (Lipinski definition) is 1. The van der Waals surface area contributed by atoms with Crippen molar-refractivity contribution in [1.82, 2.24) is 14.8 Å². The average Bonchev–Trinajstić information content (AvgIpc) is 3.09. The molecule has 0 bridgehead atoms. The summed E-state index contributed by atoms with van der Waals surface area (Å²) in [6.07, 6.45) is 1.91. The van der Waals surface area contributed by atoms with Gasteiger partial charge in [-0.15, -0.1) is 11.3 Å². The zero-order valence-electron chi connectivity index (χ0n) is 14.3. The maximum absolute atomic E-state index is 5.49. The molecule has 1 N–H and O–H groups in total. The Morgan fingerprint density at radius 2 is 2.09 bits per heavy atom. The number of morpholine rings is 1. The number of hydrogen-bond acceptors (Lipinski definition) is 6. The predicted octanol–water partition coefficient (Wildman–Crippen LogP) is 2.76. The van der Waals surface area contributed by atoms with Crippen molar-refractivity contribution in [3.63, 3.8) is 0 Å². The molecular formula is C16H25N5OS. The molecule has 1 saturated heterocycles. The van der Waals surface area contributed by atoms with Gasteiger partial charge in [-0.3, -0.25) is 4.68 Å². The molecular weight excluding hydrogens is 310 g/mol. The minimum absolute atomic E-state index is 0.394. The number of ether oxygens (including phenoxy) is 1. The van der Waals surface area contributed by atoms with E-state index in [1.165, 1.54) is 16.3 Å². The Kier molecular flexibility index (Phi) is 4.87. The Morgan fingerprint density at radius 3 is 2.70 bits per heavy atom. The summed E-state index contributed by atoms with van der Waals surface area (Å²) < 4.78 is 7.51. The maximum atomic E-state index is 5.49. The molecule has 0 atom stereocenters. The van der Waals surface area contributed by atoms with Crippen molar-refractivity contribution in [2.75, 3.05) is 36.5 Å². The number of nitrogens with one attached hydrogen (secondary N) is 1. The number of nitrogens with zero attached hydrogens (tertiary/aromatic N) is 4. The van der Waals surface area contributed by atoms with Crippen LogP contribution in [0.25, 0.3) is 0 Å². The summed E-state index contributed by atoms with van der Waals surface area (Å²) in [6, 6.07) is 0. The van der Waals surface area contributed by atoms with Gasteiger partial charge in [0.15, 0.2) is 5.13 Å². The van der Waals surface area contributed by atoms with Crippen LogP contribution in [0.3, 0.4) is 0 Å². The van der Waals surface area contributed by atoms with Crippen LogP contribution in [0.2, 0.25) is 0 Å². The number of rotatable bonds is 5. The van der Waals surface area contributed by atoms with E-state index in [0.717, 1.165) is 43.7 Å². The summed E-state index contributed by atoms with van der Waals surface area (Å²) in [5.41, 5.74) is 2.44. The smallest absolute Gasteiger partial charge is 0.183 e. The molecule has 2 aromatic heterocycles. The van der Waals surface area contributed by atoms with Gasteiger partial charge in [0.1, 0.15) is 5.82 Å². The van der Waals surface area contributed by atoms with Crippen molar-refractivity contribution in [2.24, 2.45) is 7.05 Å². The lowest BCUT2D eigenvalue weighted by molar-refractivity contribution is 0.122. The Labute approximate surface area is 141 Å². The van der Waals surface area contributed by atoms with E-state index in [1.807, 2.05) is 17.9 Å². The van der Waals surface area contributed by atoms with Crippen LogP contribution in [-0.2, 0) is 18.3 Å². The summed E-state index contributed by atoms with van der Waals surface area (Å²) in [6.45, 7) is 10.6. The van der Waals surface area contributed by atoms with E-state index in [9.17, 15) is 0 Å². The molecule has 0 aromatic carbocycles. The fraction of sp³-hybridized carbons (Fsp3) is 0.625. The quantitative estimate of drug-likeness (QED) is 0.910. The lowest BCUT2D eigenvalue weighted by Crippen LogP contribution is -2.38. The van der Waals surface area contributed by atoms with Gasteiger partial charge in [-0.05, 0) is 12.8 Å². The van der Waals surface area contributed by atoms with E-state index in [4.69, 9.17) is 9.84 Å². The number of thiazole rings is 1. The molecule has 1 aliphatic rings. The van der Waals surface area contributed by atoms with Gasteiger partial charge in [-0.1, -0.05) is 13.8 Å². The largest absolute Gasteiger partial charge is 0.378 e. The number of aromatic nitrogens is 3. The molecule has 6 nitrogen and oxygen atoms in total. The molecule has 3 rings (SSSR count). The minimum Gasteiger partial charge on any atom is -0.378 e. The van der Waals surface area contributed by atoms with Crippen molar-refractivity contribution >= 4 is 22.3 Å². The molecule has 7 heteroatoms. The van der Waals surface area contributed by atoms with Crippen LogP contribution in [0.4, 0.5) is 10.9 Å². The molecule has 0 saturated carbocycles. The molecule has 0 aliphatic carbocycles. The third-order valence-electron chi connectivity index (χ3n) is 4.04. The minimum atomic E-state index is 0.394. The van der Waals surface area contributed by atoms with Crippen molar-refractivity contribution in [2.45, 2.75) is 33.2 Å². The first-order chi connectivity index (χ1) is 11.1. The molecule has 1 aliphatic heterocycles. The summed E-state index contributed by atoms with van der Waals surface area (Å²) in [5, 5.41) is 9.21. The number of aryl methyl sites for hydroxylation is 2. The Morgan fingerprint density at radius 1 is 1.35 bits per heavy atom. The Bertz CT molecular complexity index is 657. The first-order valence-electron chi connectivity index (χ1n) is 8.11. The van der Waals surface area contributed by atoms with Gasteiger partial charge in [-0.25, -0.2) is 4.98 Å². The molecule has 2 aromatic rings. The summed E-state index contributed by atoms with van der Waals surface area (Å²) in [5.74, 6) is 1.60. The van der Waals surface area contributed by atoms with E-state index in [2.05, 4.69) is 36.0 Å². The standard InChI is InChI=1S/C16H25N5OS/c1-11(2)14-13(10-18-16-17-9-12(3)23-16)15(20(4)19-14)21-5-7-22-8-6-21/h9,11H,5-8,10H2,1-4H3,(H,17,18). The molecule has 3 heterocycles. The van der Waals surface area contributed by atoms with Crippen molar-refractivity contribution in [1.29, 1.82) is 0 Å². The fourth-order valence-corrected chi connectivity index (χ4v) is 3.64. The molecule has 0 unspecified atom stereocenters. The second-order valence-electron chi connectivity index (χ2n) is 6.19. The highest BCUT2D eigenvalue weighted by Gasteiger charge is 2.24. The van der Waals surface area contributed by atoms with E-state index in [-0.39, 0.29) is 0 Å². The van der Waals surface area contributed by atoms with Crippen LogP contribution < -0.4 is 10.2 Å². The van der Waals surface area contributed by atoms with Gasteiger partial charge in [0, 0.05) is 43.3 Å². The fourth-order valence-electron chi connectivity index (χ4n) is 2.98. The zero-order chi connectivity index (χ0) is 16.4. The lowest BCUT2D eigenvalue weighted by atomic mass is 10.1. The summed E-state index contributed by atoms with van der Waals surface area (Å²) >= 11 is 1.69. The molecule has 0 amide bonds. The molecule has 1 fully saturated rings. The molecule has 0 spiro atoms. The van der Waals surface area contributed by atoms with Crippen LogP contribution in [-0.4, -0.2) is 41.1 Å². The van der Waals surface area contributed by atoms with Gasteiger partial charge in [0.05, 0.1) is 18.9 Å². The van der Waals surface area contributed by atoms with E-state index in [0.29, 0.717) is 5.92 Å². The molecule has 0 radical (unpaired) electrons. The van der Waals surface area contributed by atoms with E-state index < -0.39 is 0 Å². The van der Waals surface area contributed by atoms with Gasteiger partial charge < -0.3 is 15.0 Å². The normalized spacial score (nSPS) is 15.4. The van der Waals surface area contributed by atoms with Gasteiger partial charge in [-0.2, -0.15) is 5.10 Å². The van der Waals surface area contributed by atoms with Crippen LogP contribution in [0.5, 0.6) is 0 Å². The summed E-state index contributed by atoms with van der Waals surface area (Å²) in [4.78, 5) is 8.00. The van der Waals surface area contributed by atoms with Crippen molar-refractivity contribution < 1.29 is 4.74 Å². The first kappa shape index (κ1) is 16.3. The van der Waals surface area contributed by atoms with E-state index in [1.54, 1.807) is 11.3 Å².